The van der Waals surface area contributed by atoms with Crippen molar-refractivity contribution in [1.29, 1.82) is 0 Å². The topological polar surface area (TPSA) is 41.5 Å². The molecule has 4 heteroatoms. The maximum Gasteiger partial charge on any atom is 0.0396 e. The van der Waals surface area contributed by atoms with E-state index in [0.717, 1.165) is 30.9 Å². The van der Waals surface area contributed by atoms with Crippen molar-refractivity contribution in [3.8, 4) is 0 Å². The number of nitrogens with one attached hydrogen (secondary N) is 1. The van der Waals surface area contributed by atoms with Gasteiger partial charge in [0, 0.05) is 34.6 Å². The molecule has 0 bridgehead atoms. The summed E-state index contributed by atoms with van der Waals surface area (Å²) in [5, 5.41) is 4.29. The van der Waals surface area contributed by atoms with Gasteiger partial charge < -0.3 is 5.43 Å². The summed E-state index contributed by atoms with van der Waals surface area (Å²) in [5.41, 5.74) is 4.24. The largest absolute Gasteiger partial charge is 0.310 e. The van der Waals surface area contributed by atoms with Gasteiger partial charge in [0.2, 0.25) is 0 Å². The van der Waals surface area contributed by atoms with Crippen LogP contribution in [0.4, 0.5) is 0 Å². The average molecular weight is 202 g/mol. The highest BCUT2D eigenvalue weighted by Gasteiger charge is 2.12. The van der Waals surface area contributed by atoms with Crippen LogP contribution in [0, 0.1) is 5.92 Å². The Morgan fingerprint density at radius 3 is 2.62 bits per heavy atom. The van der Waals surface area contributed by atoms with Crippen LogP contribution in [-0.2, 0) is 10.8 Å². The Bertz CT molecular complexity index is 202. The summed E-state index contributed by atoms with van der Waals surface area (Å²) in [5.74, 6) is 2.21. The zero-order valence-electron chi connectivity index (χ0n) is 8.38. The molecular weight excluding hydrogens is 184 g/mol. The summed E-state index contributed by atoms with van der Waals surface area (Å²) in [7, 11) is -0.584. The van der Waals surface area contributed by atoms with Crippen LogP contribution >= 0.6 is 0 Å². The fourth-order valence-corrected chi connectivity index (χ4v) is 2.27. The Labute approximate surface area is 82.4 Å². The molecule has 0 radical (unpaired) electrons. The zero-order chi connectivity index (χ0) is 9.68. The molecule has 0 spiro atoms. The van der Waals surface area contributed by atoms with Crippen LogP contribution in [0.3, 0.4) is 0 Å². The van der Waals surface area contributed by atoms with E-state index in [0.29, 0.717) is 5.92 Å². The van der Waals surface area contributed by atoms with Gasteiger partial charge >= 0.3 is 0 Å². The second kappa shape index (κ2) is 5.37. The molecule has 1 fully saturated rings. The highest BCUT2D eigenvalue weighted by molar-refractivity contribution is 7.85. The lowest BCUT2D eigenvalue weighted by Gasteiger charge is -2.13. The normalized spacial score (nSPS) is 23.3. The van der Waals surface area contributed by atoms with Crippen molar-refractivity contribution in [2.24, 2.45) is 11.0 Å². The van der Waals surface area contributed by atoms with Gasteiger partial charge in [0.15, 0.2) is 0 Å². The maximum absolute atomic E-state index is 11.0. The molecule has 13 heavy (non-hydrogen) atoms. The van der Waals surface area contributed by atoms with Crippen LogP contribution in [0.1, 0.15) is 26.7 Å². The summed E-state index contributed by atoms with van der Waals surface area (Å²) in [6.07, 6.45) is 1.80. The van der Waals surface area contributed by atoms with Crippen molar-refractivity contribution in [3.05, 3.63) is 0 Å². The fraction of sp³-hybridized carbons (Fsp3) is 0.889. The summed E-state index contributed by atoms with van der Waals surface area (Å²) in [4.78, 5) is 0. The lowest BCUT2D eigenvalue weighted by Crippen LogP contribution is -2.22. The Morgan fingerprint density at radius 2 is 2.08 bits per heavy atom. The minimum absolute atomic E-state index is 0.584. The predicted molar refractivity (Wildman–Crippen MR) is 57.4 cm³/mol. The van der Waals surface area contributed by atoms with Crippen molar-refractivity contribution in [1.82, 2.24) is 5.43 Å². The first-order valence-corrected chi connectivity index (χ1v) is 6.30. The van der Waals surface area contributed by atoms with E-state index in [9.17, 15) is 4.21 Å². The van der Waals surface area contributed by atoms with Gasteiger partial charge in [0.25, 0.3) is 0 Å². The van der Waals surface area contributed by atoms with Crippen LogP contribution in [0.5, 0.6) is 0 Å². The molecule has 76 valence electrons. The van der Waals surface area contributed by atoms with E-state index >= 15 is 0 Å². The van der Waals surface area contributed by atoms with E-state index in [2.05, 4.69) is 24.4 Å². The third-order valence-corrected chi connectivity index (χ3v) is 3.29. The Hall–Kier alpha value is -0.380. The number of hydrogen-bond donors (Lipinski definition) is 1. The Balaban J connectivity index is 2.23. The number of rotatable bonds is 3. The first-order valence-electron chi connectivity index (χ1n) is 4.81. The third-order valence-electron chi connectivity index (χ3n) is 1.97. The smallest absolute Gasteiger partial charge is 0.0396 e. The molecule has 1 N–H and O–H groups in total. The Morgan fingerprint density at radius 1 is 1.46 bits per heavy atom. The molecular formula is C9H18N2OS. The second-order valence-corrected chi connectivity index (χ2v) is 5.48. The molecule has 0 saturated carbocycles. The number of nitrogens with zero attached hydrogens (tertiary/aromatic N) is 1. The highest BCUT2D eigenvalue weighted by Crippen LogP contribution is 2.05. The lowest BCUT2D eigenvalue weighted by molar-refractivity contribution is 0.568. The molecule has 3 nitrogen and oxygen atoms in total. The highest BCUT2D eigenvalue weighted by atomic mass is 32.2. The summed E-state index contributed by atoms with van der Waals surface area (Å²) in [6.45, 7) is 5.23. The molecule has 0 aromatic carbocycles. The van der Waals surface area contributed by atoms with Gasteiger partial charge in [-0.2, -0.15) is 5.10 Å². The lowest BCUT2D eigenvalue weighted by atomic mass is 10.2. The average Bonchev–Trinajstić information content (AvgIpc) is 2.08. The van der Waals surface area contributed by atoms with E-state index in [1.165, 1.54) is 5.71 Å². The standard InChI is InChI=1S/C9H18N2OS/c1-8(2)7-10-11-9-3-5-13(12)6-4-9/h8,10H,3-7H2,1-2H3. The molecule has 1 rings (SSSR count). The van der Waals surface area contributed by atoms with Gasteiger partial charge in [-0.1, -0.05) is 13.8 Å². The van der Waals surface area contributed by atoms with E-state index in [4.69, 9.17) is 0 Å². The second-order valence-electron chi connectivity index (χ2n) is 3.78. The van der Waals surface area contributed by atoms with E-state index in [1.54, 1.807) is 0 Å². The summed E-state index contributed by atoms with van der Waals surface area (Å²) >= 11 is 0. The molecule has 0 aliphatic carbocycles. The first-order chi connectivity index (χ1) is 6.18. The Kier molecular flexibility index (Phi) is 4.42. The van der Waals surface area contributed by atoms with E-state index in [1.807, 2.05) is 0 Å². The van der Waals surface area contributed by atoms with Crippen molar-refractivity contribution < 1.29 is 4.21 Å². The molecule has 1 aliphatic rings. The van der Waals surface area contributed by atoms with Crippen LogP contribution in [0.25, 0.3) is 0 Å². The van der Waals surface area contributed by atoms with Crippen LogP contribution < -0.4 is 5.43 Å². The van der Waals surface area contributed by atoms with Gasteiger partial charge in [0.1, 0.15) is 0 Å². The van der Waals surface area contributed by atoms with E-state index in [-0.39, 0.29) is 0 Å². The van der Waals surface area contributed by atoms with Crippen molar-refractivity contribution >= 4 is 16.5 Å². The van der Waals surface area contributed by atoms with Crippen LogP contribution in [0.15, 0.2) is 5.10 Å². The van der Waals surface area contributed by atoms with Gasteiger partial charge in [-0.3, -0.25) is 4.21 Å². The van der Waals surface area contributed by atoms with Crippen molar-refractivity contribution in [3.63, 3.8) is 0 Å². The van der Waals surface area contributed by atoms with Crippen LogP contribution in [0.2, 0.25) is 0 Å². The molecule has 1 heterocycles. The quantitative estimate of drug-likeness (QED) is 0.697. The van der Waals surface area contributed by atoms with Crippen molar-refractivity contribution in [2.45, 2.75) is 26.7 Å². The minimum atomic E-state index is -0.584. The summed E-state index contributed by atoms with van der Waals surface area (Å²) in [6, 6.07) is 0. The molecule has 0 unspecified atom stereocenters. The monoisotopic (exact) mass is 202 g/mol. The molecule has 0 aromatic rings. The molecule has 1 saturated heterocycles. The zero-order valence-corrected chi connectivity index (χ0v) is 9.19. The molecule has 0 atom stereocenters. The molecule has 1 aliphatic heterocycles. The molecule has 0 amide bonds. The van der Waals surface area contributed by atoms with E-state index < -0.39 is 10.8 Å². The maximum atomic E-state index is 11.0. The van der Waals surface area contributed by atoms with Gasteiger partial charge in [-0.25, -0.2) is 0 Å². The fourth-order valence-electron chi connectivity index (χ4n) is 1.14. The number of hydrogen-bond acceptors (Lipinski definition) is 3. The number of hydrazone groups is 1. The van der Waals surface area contributed by atoms with Crippen LogP contribution in [-0.4, -0.2) is 28.0 Å². The molecule has 0 aromatic heterocycles. The third kappa shape index (κ3) is 4.41. The minimum Gasteiger partial charge on any atom is -0.310 e. The van der Waals surface area contributed by atoms with Gasteiger partial charge in [-0.15, -0.1) is 0 Å². The SMILES string of the molecule is CC(C)CNN=C1CCS(=O)CC1. The van der Waals surface area contributed by atoms with Gasteiger partial charge in [0.05, 0.1) is 0 Å². The van der Waals surface area contributed by atoms with Gasteiger partial charge in [-0.05, 0) is 18.8 Å². The predicted octanol–water partition coefficient (Wildman–Crippen LogP) is 1.13. The van der Waals surface area contributed by atoms with Crippen molar-refractivity contribution in [2.75, 3.05) is 18.1 Å². The summed E-state index contributed by atoms with van der Waals surface area (Å²) < 4.78 is 11.0. The first kappa shape index (κ1) is 10.7.